The normalized spacial score (nSPS) is 10.2. The lowest BCUT2D eigenvalue weighted by Crippen LogP contribution is -2.11. The van der Waals surface area contributed by atoms with E-state index < -0.39 is 5.97 Å². The average Bonchev–Trinajstić information content (AvgIpc) is 2.32. The monoisotopic (exact) mass is 239 g/mol. The van der Waals surface area contributed by atoms with Gasteiger partial charge in [0.25, 0.3) is 0 Å². The Hall–Kier alpha value is -1.75. The van der Waals surface area contributed by atoms with Crippen LogP contribution in [-0.4, -0.2) is 30.9 Å². The summed E-state index contributed by atoms with van der Waals surface area (Å²) in [6.07, 6.45) is 0.921. The predicted octanol–water partition coefficient (Wildman–Crippen LogP) is 1.56. The van der Waals surface area contributed by atoms with Gasteiger partial charge in [0.05, 0.1) is 6.61 Å². The van der Waals surface area contributed by atoms with E-state index in [4.69, 9.17) is 15.2 Å². The highest BCUT2D eigenvalue weighted by molar-refractivity contribution is 5.93. The van der Waals surface area contributed by atoms with Gasteiger partial charge < -0.3 is 20.3 Å². The Bertz CT molecular complexity index is 379. The van der Waals surface area contributed by atoms with Crippen LogP contribution in [-0.2, 0) is 9.47 Å². The molecule has 1 rings (SSSR count). The summed E-state index contributed by atoms with van der Waals surface area (Å²) < 4.78 is 10.1. The van der Waals surface area contributed by atoms with Crippen LogP contribution in [0.2, 0.25) is 0 Å². The summed E-state index contributed by atoms with van der Waals surface area (Å²) in [6.45, 7) is 3.15. The minimum Gasteiger partial charge on any atom is -0.507 e. The molecule has 0 radical (unpaired) electrons. The Kier molecular flexibility index (Phi) is 5.29. The van der Waals surface area contributed by atoms with Gasteiger partial charge in [0.2, 0.25) is 0 Å². The third-order valence-corrected chi connectivity index (χ3v) is 2.05. The van der Waals surface area contributed by atoms with Gasteiger partial charge in [-0.1, -0.05) is 6.92 Å². The zero-order chi connectivity index (χ0) is 12.7. The molecule has 5 heteroatoms. The Morgan fingerprint density at radius 3 is 2.82 bits per heavy atom. The van der Waals surface area contributed by atoms with Crippen molar-refractivity contribution < 1.29 is 19.4 Å². The second-order valence-electron chi connectivity index (χ2n) is 3.52. The van der Waals surface area contributed by atoms with Gasteiger partial charge in [0.1, 0.15) is 17.9 Å². The van der Waals surface area contributed by atoms with E-state index in [1.54, 1.807) is 0 Å². The molecule has 0 amide bonds. The molecule has 0 bridgehead atoms. The van der Waals surface area contributed by atoms with Crippen molar-refractivity contribution in [3.63, 3.8) is 0 Å². The molecule has 0 spiro atoms. The van der Waals surface area contributed by atoms with E-state index in [0.717, 1.165) is 6.42 Å². The number of benzene rings is 1. The lowest BCUT2D eigenvalue weighted by Gasteiger charge is -2.07. The van der Waals surface area contributed by atoms with Crippen LogP contribution in [0.4, 0.5) is 5.69 Å². The molecule has 0 aliphatic carbocycles. The first-order valence-corrected chi connectivity index (χ1v) is 5.48. The molecule has 5 nitrogen and oxygen atoms in total. The van der Waals surface area contributed by atoms with Gasteiger partial charge in [-0.3, -0.25) is 0 Å². The van der Waals surface area contributed by atoms with E-state index in [1.807, 2.05) is 6.92 Å². The molecule has 94 valence electrons. The van der Waals surface area contributed by atoms with Crippen molar-refractivity contribution >= 4 is 11.7 Å². The molecular weight excluding hydrogens is 222 g/mol. The number of aromatic hydroxyl groups is 1. The molecule has 0 fully saturated rings. The van der Waals surface area contributed by atoms with Crippen LogP contribution in [0.3, 0.4) is 0 Å². The Morgan fingerprint density at radius 2 is 2.12 bits per heavy atom. The Morgan fingerprint density at radius 1 is 1.35 bits per heavy atom. The fourth-order valence-corrected chi connectivity index (χ4v) is 1.23. The zero-order valence-electron chi connectivity index (χ0n) is 9.81. The first kappa shape index (κ1) is 13.3. The molecule has 0 unspecified atom stereocenters. The summed E-state index contributed by atoms with van der Waals surface area (Å²) >= 11 is 0. The molecule has 0 heterocycles. The zero-order valence-corrected chi connectivity index (χ0v) is 9.81. The maximum absolute atomic E-state index is 11.6. The number of ether oxygens (including phenoxy) is 2. The fourth-order valence-electron chi connectivity index (χ4n) is 1.23. The molecule has 1 aromatic rings. The SMILES string of the molecule is CCCOCCOC(=O)c1cc(N)ccc1O. The number of hydrogen-bond acceptors (Lipinski definition) is 5. The number of hydrogen-bond donors (Lipinski definition) is 2. The van der Waals surface area contributed by atoms with Gasteiger partial charge in [-0.25, -0.2) is 4.79 Å². The maximum atomic E-state index is 11.6. The third kappa shape index (κ3) is 4.32. The summed E-state index contributed by atoms with van der Waals surface area (Å²) in [5, 5.41) is 9.46. The molecule has 0 saturated heterocycles. The van der Waals surface area contributed by atoms with Crippen molar-refractivity contribution in [2.24, 2.45) is 0 Å². The standard InChI is InChI=1S/C12H17NO4/c1-2-5-16-6-7-17-12(15)10-8-9(13)3-4-11(10)14/h3-4,8,14H,2,5-7,13H2,1H3. The molecule has 0 aliphatic rings. The largest absolute Gasteiger partial charge is 0.507 e. The van der Waals surface area contributed by atoms with E-state index in [1.165, 1.54) is 18.2 Å². The minimum absolute atomic E-state index is 0.0699. The van der Waals surface area contributed by atoms with Gasteiger partial charge in [0.15, 0.2) is 0 Å². The Labute approximate surface area is 100 Å². The number of rotatable bonds is 6. The second kappa shape index (κ2) is 6.75. The number of phenols is 1. The van der Waals surface area contributed by atoms with Crippen LogP contribution in [0.25, 0.3) is 0 Å². The quantitative estimate of drug-likeness (QED) is 0.341. The van der Waals surface area contributed by atoms with Crippen molar-refractivity contribution in [1.29, 1.82) is 0 Å². The van der Waals surface area contributed by atoms with Crippen LogP contribution in [0.1, 0.15) is 23.7 Å². The number of carbonyl (C=O) groups is 1. The van der Waals surface area contributed by atoms with Gasteiger partial charge in [-0.05, 0) is 24.6 Å². The molecular formula is C12H17NO4. The number of nitrogen functional groups attached to an aromatic ring is 1. The van der Waals surface area contributed by atoms with Gasteiger partial charge in [-0.15, -0.1) is 0 Å². The van der Waals surface area contributed by atoms with Gasteiger partial charge >= 0.3 is 5.97 Å². The number of anilines is 1. The van der Waals surface area contributed by atoms with E-state index >= 15 is 0 Å². The Balaban J connectivity index is 2.44. The van der Waals surface area contributed by atoms with E-state index in [0.29, 0.717) is 18.9 Å². The summed E-state index contributed by atoms with van der Waals surface area (Å²) in [5.74, 6) is -0.742. The lowest BCUT2D eigenvalue weighted by molar-refractivity contribution is 0.0316. The number of esters is 1. The van der Waals surface area contributed by atoms with Crippen molar-refractivity contribution in [3.8, 4) is 5.75 Å². The highest BCUT2D eigenvalue weighted by Gasteiger charge is 2.12. The lowest BCUT2D eigenvalue weighted by atomic mass is 10.2. The summed E-state index contributed by atoms with van der Waals surface area (Å²) in [6, 6.07) is 4.25. The topological polar surface area (TPSA) is 81.8 Å². The van der Waals surface area contributed by atoms with Gasteiger partial charge in [-0.2, -0.15) is 0 Å². The molecule has 0 atom stereocenters. The molecule has 3 N–H and O–H groups in total. The van der Waals surface area contributed by atoms with Gasteiger partial charge in [0, 0.05) is 12.3 Å². The van der Waals surface area contributed by atoms with Crippen molar-refractivity contribution in [2.45, 2.75) is 13.3 Å². The molecule has 0 aliphatic heterocycles. The third-order valence-electron chi connectivity index (χ3n) is 2.05. The van der Waals surface area contributed by atoms with Crippen molar-refractivity contribution in [1.82, 2.24) is 0 Å². The predicted molar refractivity (Wildman–Crippen MR) is 63.9 cm³/mol. The number of phenolic OH excluding ortho intramolecular Hbond substituents is 1. The van der Waals surface area contributed by atoms with Crippen LogP contribution < -0.4 is 5.73 Å². The second-order valence-corrected chi connectivity index (χ2v) is 3.52. The fraction of sp³-hybridized carbons (Fsp3) is 0.417. The highest BCUT2D eigenvalue weighted by Crippen LogP contribution is 2.20. The van der Waals surface area contributed by atoms with Crippen LogP contribution in [0, 0.1) is 0 Å². The highest BCUT2D eigenvalue weighted by atomic mass is 16.6. The van der Waals surface area contributed by atoms with Crippen molar-refractivity contribution in [3.05, 3.63) is 23.8 Å². The van der Waals surface area contributed by atoms with E-state index in [-0.39, 0.29) is 17.9 Å². The number of carbonyl (C=O) groups excluding carboxylic acids is 1. The van der Waals surface area contributed by atoms with Crippen molar-refractivity contribution in [2.75, 3.05) is 25.6 Å². The van der Waals surface area contributed by atoms with Crippen LogP contribution in [0.5, 0.6) is 5.75 Å². The number of nitrogens with two attached hydrogens (primary N) is 1. The summed E-state index contributed by atoms with van der Waals surface area (Å²) in [5.41, 5.74) is 5.99. The first-order valence-electron chi connectivity index (χ1n) is 5.48. The summed E-state index contributed by atoms with van der Waals surface area (Å²) in [7, 11) is 0. The van der Waals surface area contributed by atoms with E-state index in [9.17, 15) is 9.90 Å². The molecule has 17 heavy (non-hydrogen) atoms. The smallest absolute Gasteiger partial charge is 0.342 e. The molecule has 1 aromatic carbocycles. The summed E-state index contributed by atoms with van der Waals surface area (Å²) in [4.78, 5) is 11.6. The minimum atomic E-state index is -0.602. The van der Waals surface area contributed by atoms with E-state index in [2.05, 4.69) is 0 Å². The molecule has 0 saturated carbocycles. The molecule has 0 aromatic heterocycles. The van der Waals surface area contributed by atoms with Crippen LogP contribution in [0.15, 0.2) is 18.2 Å². The average molecular weight is 239 g/mol. The first-order chi connectivity index (χ1) is 8.15. The maximum Gasteiger partial charge on any atom is 0.342 e. The van der Waals surface area contributed by atoms with Crippen LogP contribution >= 0.6 is 0 Å².